The zero-order valence-corrected chi connectivity index (χ0v) is 13.9. The molecule has 2 rings (SSSR count). The molecule has 0 spiro atoms. The average Bonchev–Trinajstić information content (AvgIpc) is 2.36. The number of hydrogen-bond acceptors (Lipinski definition) is 3. The standard InChI is InChI=1S/C17H25NO4/c1-11-6-7-13(10-15(11)21-5)22-14-8-12(9-14)18(16(19)20)17(2,3)4/h6-7,10,12,14H,8-9H2,1-5H3,(H,19,20)/t12-,14-. The third-order valence-corrected chi connectivity index (χ3v) is 4.05. The molecular formula is C17H25NO4. The number of methoxy groups -OCH3 is 1. The molecule has 5 nitrogen and oxygen atoms in total. The van der Waals surface area contributed by atoms with Gasteiger partial charge in [-0.2, -0.15) is 0 Å². The van der Waals surface area contributed by atoms with Gasteiger partial charge in [-0.05, 0) is 39.3 Å². The van der Waals surface area contributed by atoms with Crippen molar-refractivity contribution >= 4 is 6.09 Å². The van der Waals surface area contributed by atoms with Crippen LogP contribution in [0.4, 0.5) is 4.79 Å². The Morgan fingerprint density at radius 2 is 1.95 bits per heavy atom. The first kappa shape index (κ1) is 16.5. The van der Waals surface area contributed by atoms with Gasteiger partial charge in [-0.25, -0.2) is 4.79 Å². The Morgan fingerprint density at radius 1 is 1.32 bits per heavy atom. The number of benzene rings is 1. The van der Waals surface area contributed by atoms with Crippen LogP contribution in [0.15, 0.2) is 18.2 Å². The molecule has 0 aliphatic heterocycles. The van der Waals surface area contributed by atoms with E-state index in [2.05, 4.69) is 0 Å². The lowest BCUT2D eigenvalue weighted by atomic mass is 9.85. The van der Waals surface area contributed by atoms with Crippen LogP contribution < -0.4 is 9.47 Å². The second-order valence-electron chi connectivity index (χ2n) is 6.82. The zero-order chi connectivity index (χ0) is 16.5. The molecule has 122 valence electrons. The van der Waals surface area contributed by atoms with E-state index in [1.807, 2.05) is 45.9 Å². The van der Waals surface area contributed by atoms with Crippen LogP contribution in [0.3, 0.4) is 0 Å². The van der Waals surface area contributed by atoms with E-state index in [1.54, 1.807) is 7.11 Å². The molecule has 1 aliphatic rings. The third kappa shape index (κ3) is 3.46. The summed E-state index contributed by atoms with van der Waals surface area (Å²) in [6, 6.07) is 5.78. The molecule has 0 atom stereocenters. The topological polar surface area (TPSA) is 59.0 Å². The molecule has 0 aromatic heterocycles. The van der Waals surface area contributed by atoms with Crippen LogP contribution >= 0.6 is 0 Å². The van der Waals surface area contributed by atoms with E-state index < -0.39 is 11.6 Å². The molecule has 1 N–H and O–H groups in total. The van der Waals surface area contributed by atoms with Crippen LogP contribution in [-0.4, -0.2) is 40.9 Å². The summed E-state index contributed by atoms with van der Waals surface area (Å²) in [4.78, 5) is 13.0. The van der Waals surface area contributed by atoms with E-state index in [-0.39, 0.29) is 12.1 Å². The number of hydrogen-bond donors (Lipinski definition) is 1. The lowest BCUT2D eigenvalue weighted by Crippen LogP contribution is -2.58. The summed E-state index contributed by atoms with van der Waals surface area (Å²) < 4.78 is 11.2. The predicted molar refractivity (Wildman–Crippen MR) is 84.8 cm³/mol. The molecule has 1 fully saturated rings. The molecular weight excluding hydrogens is 282 g/mol. The smallest absolute Gasteiger partial charge is 0.407 e. The van der Waals surface area contributed by atoms with Gasteiger partial charge in [-0.1, -0.05) is 6.07 Å². The van der Waals surface area contributed by atoms with Crippen molar-refractivity contribution in [3.05, 3.63) is 23.8 Å². The van der Waals surface area contributed by atoms with E-state index in [0.717, 1.165) is 29.9 Å². The number of ether oxygens (including phenoxy) is 2. The highest BCUT2D eigenvalue weighted by Gasteiger charge is 2.42. The normalized spacial score (nSPS) is 21.0. The molecule has 0 heterocycles. The minimum Gasteiger partial charge on any atom is -0.496 e. The quantitative estimate of drug-likeness (QED) is 0.921. The van der Waals surface area contributed by atoms with Crippen LogP contribution in [0.1, 0.15) is 39.2 Å². The molecule has 0 bridgehead atoms. The zero-order valence-electron chi connectivity index (χ0n) is 13.9. The molecule has 0 saturated heterocycles. The van der Waals surface area contributed by atoms with Crippen molar-refractivity contribution in [2.24, 2.45) is 0 Å². The maximum absolute atomic E-state index is 11.4. The van der Waals surface area contributed by atoms with Crippen molar-refractivity contribution in [3.8, 4) is 11.5 Å². The van der Waals surface area contributed by atoms with Gasteiger partial charge in [0.1, 0.15) is 17.6 Å². The molecule has 1 aliphatic carbocycles. The van der Waals surface area contributed by atoms with Crippen molar-refractivity contribution in [1.29, 1.82) is 0 Å². The second kappa shape index (κ2) is 6.07. The Bertz CT molecular complexity index is 544. The van der Waals surface area contributed by atoms with Gasteiger partial charge < -0.3 is 19.5 Å². The Balaban J connectivity index is 1.96. The van der Waals surface area contributed by atoms with Crippen LogP contribution in [0.5, 0.6) is 11.5 Å². The number of carboxylic acid groups (broad SMARTS) is 1. The van der Waals surface area contributed by atoms with Crippen molar-refractivity contribution in [2.45, 2.75) is 58.2 Å². The largest absolute Gasteiger partial charge is 0.496 e. The minimum atomic E-state index is -0.868. The number of aryl methyl sites for hydroxylation is 1. The summed E-state index contributed by atoms with van der Waals surface area (Å²) in [5, 5.41) is 9.39. The molecule has 5 heteroatoms. The second-order valence-corrected chi connectivity index (χ2v) is 6.82. The lowest BCUT2D eigenvalue weighted by molar-refractivity contribution is -0.0134. The Kier molecular flexibility index (Phi) is 4.54. The fourth-order valence-corrected chi connectivity index (χ4v) is 2.90. The molecule has 22 heavy (non-hydrogen) atoms. The van der Waals surface area contributed by atoms with E-state index >= 15 is 0 Å². The molecule has 0 radical (unpaired) electrons. The van der Waals surface area contributed by atoms with E-state index in [0.29, 0.717) is 0 Å². The van der Waals surface area contributed by atoms with Gasteiger partial charge in [0, 0.05) is 30.5 Å². The summed E-state index contributed by atoms with van der Waals surface area (Å²) in [5.41, 5.74) is 0.667. The highest BCUT2D eigenvalue weighted by molar-refractivity contribution is 5.66. The Morgan fingerprint density at radius 3 is 2.45 bits per heavy atom. The summed E-state index contributed by atoms with van der Waals surface area (Å²) in [7, 11) is 1.64. The molecule has 0 unspecified atom stereocenters. The Hall–Kier alpha value is -1.91. The van der Waals surface area contributed by atoms with Crippen LogP contribution in [-0.2, 0) is 0 Å². The minimum absolute atomic E-state index is 0.0230. The number of amides is 1. The Labute approximate surface area is 131 Å². The van der Waals surface area contributed by atoms with E-state index in [9.17, 15) is 9.90 Å². The maximum atomic E-state index is 11.4. The van der Waals surface area contributed by atoms with Crippen molar-refractivity contribution in [3.63, 3.8) is 0 Å². The molecule has 1 aromatic rings. The highest BCUT2D eigenvalue weighted by Crippen LogP contribution is 2.34. The molecule has 1 aromatic carbocycles. The first-order valence-electron chi connectivity index (χ1n) is 7.56. The van der Waals surface area contributed by atoms with E-state index in [1.165, 1.54) is 4.90 Å². The van der Waals surface area contributed by atoms with Gasteiger partial charge >= 0.3 is 6.09 Å². The van der Waals surface area contributed by atoms with Gasteiger partial charge in [-0.15, -0.1) is 0 Å². The fraction of sp³-hybridized carbons (Fsp3) is 0.588. The van der Waals surface area contributed by atoms with Crippen LogP contribution in [0, 0.1) is 6.92 Å². The molecule has 1 saturated carbocycles. The van der Waals surface area contributed by atoms with Crippen molar-refractivity contribution in [2.75, 3.05) is 7.11 Å². The fourth-order valence-electron chi connectivity index (χ4n) is 2.90. The highest BCUT2D eigenvalue weighted by atomic mass is 16.5. The summed E-state index contributed by atoms with van der Waals surface area (Å²) >= 11 is 0. The molecule has 1 amide bonds. The van der Waals surface area contributed by atoms with Gasteiger partial charge in [-0.3, -0.25) is 0 Å². The maximum Gasteiger partial charge on any atom is 0.407 e. The number of nitrogens with zero attached hydrogens (tertiary/aromatic N) is 1. The summed E-state index contributed by atoms with van der Waals surface area (Å²) in [6.07, 6.45) is 0.633. The monoisotopic (exact) mass is 307 g/mol. The van der Waals surface area contributed by atoms with Gasteiger partial charge in [0.15, 0.2) is 0 Å². The van der Waals surface area contributed by atoms with Crippen LogP contribution in [0.2, 0.25) is 0 Å². The number of carbonyl (C=O) groups is 1. The number of rotatable bonds is 4. The van der Waals surface area contributed by atoms with Crippen molar-refractivity contribution in [1.82, 2.24) is 4.90 Å². The van der Waals surface area contributed by atoms with Gasteiger partial charge in [0.05, 0.1) is 7.11 Å². The van der Waals surface area contributed by atoms with E-state index in [4.69, 9.17) is 9.47 Å². The third-order valence-electron chi connectivity index (χ3n) is 4.05. The lowest BCUT2D eigenvalue weighted by Gasteiger charge is -2.47. The summed E-state index contributed by atoms with van der Waals surface area (Å²) in [6.45, 7) is 7.73. The SMILES string of the molecule is COc1cc(O[C@H]2C[C@H](N(C(=O)O)C(C)(C)C)C2)ccc1C. The van der Waals surface area contributed by atoms with Gasteiger partial charge in [0.25, 0.3) is 0 Å². The first-order valence-corrected chi connectivity index (χ1v) is 7.56. The predicted octanol–water partition coefficient (Wildman–Crippen LogP) is 3.69. The first-order chi connectivity index (χ1) is 10.2. The van der Waals surface area contributed by atoms with Gasteiger partial charge in [0.2, 0.25) is 0 Å². The summed E-state index contributed by atoms with van der Waals surface area (Å²) in [5.74, 6) is 1.57. The average molecular weight is 307 g/mol. The van der Waals surface area contributed by atoms with Crippen LogP contribution in [0.25, 0.3) is 0 Å². The van der Waals surface area contributed by atoms with Crippen molar-refractivity contribution < 1.29 is 19.4 Å².